The van der Waals surface area contributed by atoms with Gasteiger partial charge in [0.15, 0.2) is 0 Å². The summed E-state index contributed by atoms with van der Waals surface area (Å²) in [6.45, 7) is 8.55. The van der Waals surface area contributed by atoms with Crippen molar-refractivity contribution in [3.05, 3.63) is 59.2 Å². The summed E-state index contributed by atoms with van der Waals surface area (Å²) in [5.41, 5.74) is 4.79. The van der Waals surface area contributed by atoms with Gasteiger partial charge in [-0.05, 0) is 41.0 Å². The van der Waals surface area contributed by atoms with E-state index in [1.54, 1.807) is 0 Å². The molecular weight excluding hydrogens is 312 g/mol. The number of amides is 2. The Balaban J connectivity index is 2.26. The molecule has 0 aliphatic carbocycles. The Kier molecular flexibility index (Phi) is 6.59. The smallest absolute Gasteiger partial charge is 0.323 e. The van der Waals surface area contributed by atoms with Gasteiger partial charge in [-0.15, -0.1) is 0 Å². The maximum absolute atomic E-state index is 12.6. The zero-order valence-electron chi connectivity index (χ0n) is 15.5. The molecule has 0 saturated carbocycles. The van der Waals surface area contributed by atoms with Crippen molar-refractivity contribution in [2.24, 2.45) is 0 Å². The molecule has 0 unspecified atom stereocenters. The van der Waals surface area contributed by atoms with E-state index in [4.69, 9.17) is 0 Å². The second-order valence-corrected chi connectivity index (χ2v) is 6.83. The number of anilines is 2. The minimum atomic E-state index is -0.264. The molecular formula is C21H28N2O2. The maximum Gasteiger partial charge on any atom is 0.323 e. The maximum atomic E-state index is 12.6. The Labute approximate surface area is 150 Å². The molecule has 2 aromatic carbocycles. The van der Waals surface area contributed by atoms with Crippen LogP contribution in [0.25, 0.3) is 0 Å². The molecule has 0 fully saturated rings. The van der Waals surface area contributed by atoms with E-state index < -0.39 is 0 Å². The van der Waals surface area contributed by atoms with Gasteiger partial charge in [-0.25, -0.2) is 4.79 Å². The number of urea groups is 1. The van der Waals surface area contributed by atoms with Crippen LogP contribution in [0, 0.1) is 0 Å². The number of nitrogens with one attached hydrogen (secondary N) is 2. The number of hydrogen-bond donors (Lipinski definition) is 3. The minimum absolute atomic E-state index is 0.0496. The highest BCUT2D eigenvalue weighted by Gasteiger charge is 2.16. The Bertz CT molecular complexity index is 697. The van der Waals surface area contributed by atoms with Crippen molar-refractivity contribution in [2.75, 3.05) is 17.2 Å². The number of hydrogen-bond acceptors (Lipinski definition) is 2. The van der Waals surface area contributed by atoms with Crippen LogP contribution in [0.15, 0.2) is 42.5 Å². The van der Waals surface area contributed by atoms with Gasteiger partial charge in [0.2, 0.25) is 0 Å². The number of carbonyl (C=O) groups excluding carboxylic acids is 1. The monoisotopic (exact) mass is 340 g/mol. The van der Waals surface area contributed by atoms with Crippen molar-refractivity contribution in [2.45, 2.75) is 46.0 Å². The van der Waals surface area contributed by atoms with Crippen LogP contribution in [0.4, 0.5) is 16.2 Å². The molecule has 4 heteroatoms. The molecule has 4 nitrogen and oxygen atoms in total. The lowest BCUT2D eigenvalue weighted by atomic mass is 9.93. The summed E-state index contributed by atoms with van der Waals surface area (Å²) in [7, 11) is 0. The van der Waals surface area contributed by atoms with Gasteiger partial charge < -0.3 is 15.7 Å². The fourth-order valence-electron chi connectivity index (χ4n) is 2.94. The van der Waals surface area contributed by atoms with E-state index in [1.807, 2.05) is 30.3 Å². The molecule has 2 rings (SSSR count). The average molecular weight is 340 g/mol. The zero-order valence-corrected chi connectivity index (χ0v) is 15.5. The van der Waals surface area contributed by atoms with Crippen molar-refractivity contribution in [3.8, 4) is 0 Å². The number of rotatable bonds is 6. The second kappa shape index (κ2) is 8.67. The van der Waals surface area contributed by atoms with E-state index in [9.17, 15) is 9.90 Å². The Morgan fingerprint density at radius 1 is 0.920 bits per heavy atom. The molecule has 134 valence electrons. The number of aliphatic hydroxyl groups is 1. The summed E-state index contributed by atoms with van der Waals surface area (Å²) in [5.74, 6) is 0.631. The van der Waals surface area contributed by atoms with Crippen molar-refractivity contribution >= 4 is 17.4 Å². The molecule has 0 heterocycles. The summed E-state index contributed by atoms with van der Waals surface area (Å²) < 4.78 is 0. The Hall–Kier alpha value is -2.33. The summed E-state index contributed by atoms with van der Waals surface area (Å²) in [4.78, 5) is 12.6. The predicted molar refractivity (Wildman–Crippen MR) is 104 cm³/mol. The zero-order chi connectivity index (χ0) is 18.4. The summed E-state index contributed by atoms with van der Waals surface area (Å²) in [5, 5.41) is 15.1. The molecule has 0 aliphatic heterocycles. The Morgan fingerprint density at radius 2 is 1.52 bits per heavy atom. The van der Waals surface area contributed by atoms with Crippen LogP contribution in [0.3, 0.4) is 0 Å². The third-order valence-corrected chi connectivity index (χ3v) is 4.26. The highest BCUT2D eigenvalue weighted by atomic mass is 16.3. The fourth-order valence-corrected chi connectivity index (χ4v) is 2.94. The standard InChI is InChI=1S/C21H28N2O2/c1-14(2)17-9-7-10-18(15(3)4)20(17)23-21(25)22-19-11-6-5-8-16(19)12-13-24/h5-11,14-15,24H,12-13H2,1-4H3,(H2,22,23,25). The normalized spacial score (nSPS) is 11.0. The molecule has 0 radical (unpaired) electrons. The number of carbonyl (C=O) groups is 1. The summed E-state index contributed by atoms with van der Waals surface area (Å²) in [6, 6.07) is 13.4. The van der Waals surface area contributed by atoms with Gasteiger partial charge >= 0.3 is 6.03 Å². The van der Waals surface area contributed by atoms with E-state index >= 15 is 0 Å². The fraction of sp³-hybridized carbons (Fsp3) is 0.381. The van der Waals surface area contributed by atoms with Crippen molar-refractivity contribution in [3.63, 3.8) is 0 Å². The first-order valence-corrected chi connectivity index (χ1v) is 8.83. The molecule has 0 bridgehead atoms. The highest BCUT2D eigenvalue weighted by Crippen LogP contribution is 2.32. The molecule has 0 atom stereocenters. The van der Waals surface area contributed by atoms with Crippen LogP contribution in [0.2, 0.25) is 0 Å². The van der Waals surface area contributed by atoms with Crippen molar-refractivity contribution in [1.82, 2.24) is 0 Å². The lowest BCUT2D eigenvalue weighted by molar-refractivity contribution is 0.262. The van der Waals surface area contributed by atoms with E-state index in [1.165, 1.54) is 0 Å². The molecule has 2 aromatic rings. The van der Waals surface area contributed by atoms with Crippen molar-refractivity contribution < 1.29 is 9.90 Å². The second-order valence-electron chi connectivity index (χ2n) is 6.83. The van der Waals surface area contributed by atoms with Gasteiger partial charge in [0.25, 0.3) is 0 Å². The first-order chi connectivity index (χ1) is 11.9. The van der Waals surface area contributed by atoms with Gasteiger partial charge in [-0.2, -0.15) is 0 Å². The van der Waals surface area contributed by atoms with Crippen LogP contribution < -0.4 is 10.6 Å². The molecule has 0 spiro atoms. The third kappa shape index (κ3) is 4.83. The van der Waals surface area contributed by atoms with Gasteiger partial charge in [0, 0.05) is 18.0 Å². The van der Waals surface area contributed by atoms with Gasteiger partial charge in [-0.1, -0.05) is 64.1 Å². The summed E-state index contributed by atoms with van der Waals surface area (Å²) in [6.07, 6.45) is 0.510. The van der Waals surface area contributed by atoms with E-state index in [0.717, 1.165) is 28.1 Å². The van der Waals surface area contributed by atoms with Crippen LogP contribution in [-0.4, -0.2) is 17.7 Å². The highest BCUT2D eigenvalue weighted by molar-refractivity contribution is 6.01. The van der Waals surface area contributed by atoms with Crippen LogP contribution in [-0.2, 0) is 6.42 Å². The number of benzene rings is 2. The third-order valence-electron chi connectivity index (χ3n) is 4.26. The molecule has 0 aliphatic rings. The molecule has 2 amide bonds. The van der Waals surface area contributed by atoms with Crippen LogP contribution >= 0.6 is 0 Å². The predicted octanol–water partition coefficient (Wildman–Crippen LogP) is 5.11. The van der Waals surface area contributed by atoms with E-state index in [-0.39, 0.29) is 12.6 Å². The van der Waals surface area contributed by atoms with Gasteiger partial charge in [-0.3, -0.25) is 0 Å². The van der Waals surface area contributed by atoms with E-state index in [2.05, 4.69) is 50.5 Å². The van der Waals surface area contributed by atoms with Crippen LogP contribution in [0.5, 0.6) is 0 Å². The lowest BCUT2D eigenvalue weighted by Gasteiger charge is -2.20. The Morgan fingerprint density at radius 3 is 2.08 bits per heavy atom. The molecule has 0 saturated heterocycles. The summed E-state index contributed by atoms with van der Waals surface area (Å²) >= 11 is 0. The quantitative estimate of drug-likeness (QED) is 0.684. The van der Waals surface area contributed by atoms with E-state index in [0.29, 0.717) is 18.3 Å². The van der Waals surface area contributed by atoms with Crippen molar-refractivity contribution in [1.29, 1.82) is 0 Å². The topological polar surface area (TPSA) is 61.4 Å². The number of para-hydroxylation sites is 2. The minimum Gasteiger partial charge on any atom is -0.396 e. The average Bonchev–Trinajstić information content (AvgIpc) is 2.56. The van der Waals surface area contributed by atoms with Gasteiger partial charge in [0.05, 0.1) is 0 Å². The number of aliphatic hydroxyl groups excluding tert-OH is 1. The first kappa shape index (κ1) is 19.0. The van der Waals surface area contributed by atoms with Gasteiger partial charge in [0.1, 0.15) is 0 Å². The van der Waals surface area contributed by atoms with Crippen LogP contribution in [0.1, 0.15) is 56.2 Å². The molecule has 0 aromatic heterocycles. The largest absolute Gasteiger partial charge is 0.396 e. The molecule has 25 heavy (non-hydrogen) atoms. The molecule has 3 N–H and O–H groups in total. The first-order valence-electron chi connectivity index (χ1n) is 8.83. The SMILES string of the molecule is CC(C)c1cccc(C(C)C)c1NC(=O)Nc1ccccc1CCO. The lowest BCUT2D eigenvalue weighted by Crippen LogP contribution is -2.22.